The van der Waals surface area contributed by atoms with Gasteiger partial charge in [0.1, 0.15) is 6.61 Å². The van der Waals surface area contributed by atoms with Gasteiger partial charge in [0.25, 0.3) is 0 Å². The van der Waals surface area contributed by atoms with Crippen LogP contribution in [0.3, 0.4) is 0 Å². The third-order valence-corrected chi connectivity index (χ3v) is 4.29. The van der Waals surface area contributed by atoms with Crippen LogP contribution in [-0.4, -0.2) is 55.7 Å². The number of piperazine rings is 1. The molecule has 1 fully saturated rings. The van der Waals surface area contributed by atoms with Crippen molar-refractivity contribution in [3.05, 3.63) is 36.0 Å². The number of halogens is 3. The van der Waals surface area contributed by atoms with E-state index in [1.54, 1.807) is 11.0 Å². The maximum Gasteiger partial charge on any atom is 0.416 e. The van der Waals surface area contributed by atoms with E-state index in [0.717, 1.165) is 17.8 Å². The van der Waals surface area contributed by atoms with Crippen molar-refractivity contribution in [3.63, 3.8) is 0 Å². The van der Waals surface area contributed by atoms with Crippen LogP contribution in [0.15, 0.2) is 30.5 Å². The molecule has 8 heteroatoms. The van der Waals surface area contributed by atoms with E-state index in [9.17, 15) is 18.0 Å². The second-order valence-electron chi connectivity index (χ2n) is 5.86. The highest BCUT2D eigenvalue weighted by Gasteiger charge is 2.31. The highest BCUT2D eigenvalue weighted by Crippen LogP contribution is 2.33. The van der Waals surface area contributed by atoms with Gasteiger partial charge in [-0.1, -0.05) is 6.07 Å². The van der Waals surface area contributed by atoms with Crippen LogP contribution in [-0.2, 0) is 15.7 Å². The highest BCUT2D eigenvalue weighted by atomic mass is 19.4. The summed E-state index contributed by atoms with van der Waals surface area (Å²) in [7, 11) is 1.48. The zero-order chi connectivity index (χ0) is 18.0. The fourth-order valence-corrected chi connectivity index (χ4v) is 3.00. The van der Waals surface area contributed by atoms with Gasteiger partial charge in [0, 0.05) is 50.6 Å². The first-order chi connectivity index (χ1) is 11.9. The molecule has 0 atom stereocenters. The van der Waals surface area contributed by atoms with Crippen molar-refractivity contribution < 1.29 is 22.7 Å². The summed E-state index contributed by atoms with van der Waals surface area (Å²) in [6, 6.07) is 5.40. The van der Waals surface area contributed by atoms with Crippen LogP contribution >= 0.6 is 0 Å². The monoisotopic (exact) mass is 353 g/mol. The van der Waals surface area contributed by atoms with Gasteiger partial charge in [-0.05, 0) is 18.2 Å². The van der Waals surface area contributed by atoms with Crippen LogP contribution in [0.1, 0.15) is 5.56 Å². The van der Waals surface area contributed by atoms with Crippen LogP contribution in [0.4, 0.5) is 18.9 Å². The normalized spacial score (nSPS) is 15.7. The molecule has 0 saturated carbocycles. The molecular formula is C17H18F3N3O2. The van der Waals surface area contributed by atoms with E-state index in [0.29, 0.717) is 37.1 Å². The van der Waals surface area contributed by atoms with E-state index in [4.69, 9.17) is 4.74 Å². The lowest BCUT2D eigenvalue weighted by Gasteiger charge is -2.36. The Morgan fingerprint density at radius 2 is 1.92 bits per heavy atom. The number of hydrogen-bond acceptors (Lipinski definition) is 4. The second-order valence-corrected chi connectivity index (χ2v) is 5.86. The summed E-state index contributed by atoms with van der Waals surface area (Å²) < 4.78 is 43.5. The molecule has 0 unspecified atom stereocenters. The molecule has 1 saturated heterocycles. The van der Waals surface area contributed by atoms with Crippen molar-refractivity contribution >= 4 is 22.5 Å². The summed E-state index contributed by atoms with van der Waals surface area (Å²) in [6.07, 6.45) is -2.88. The van der Waals surface area contributed by atoms with Crippen molar-refractivity contribution in [1.29, 1.82) is 0 Å². The van der Waals surface area contributed by atoms with Gasteiger partial charge in [-0.15, -0.1) is 0 Å². The number of alkyl halides is 3. The number of fused-ring (bicyclic) bond motifs is 1. The van der Waals surface area contributed by atoms with Crippen LogP contribution in [0.25, 0.3) is 10.9 Å². The fraction of sp³-hybridized carbons (Fsp3) is 0.412. The maximum absolute atomic E-state index is 12.9. The molecule has 1 amide bonds. The maximum atomic E-state index is 12.9. The van der Waals surface area contributed by atoms with Gasteiger partial charge in [-0.25, -0.2) is 0 Å². The number of nitrogens with zero attached hydrogens (tertiary/aromatic N) is 3. The topological polar surface area (TPSA) is 45.7 Å². The first-order valence-electron chi connectivity index (χ1n) is 7.88. The lowest BCUT2D eigenvalue weighted by molar-refractivity contribution is -0.137. The quantitative estimate of drug-likeness (QED) is 0.851. The van der Waals surface area contributed by atoms with Gasteiger partial charge in [0.2, 0.25) is 5.91 Å². The van der Waals surface area contributed by atoms with E-state index in [-0.39, 0.29) is 12.5 Å². The number of anilines is 1. The zero-order valence-corrected chi connectivity index (χ0v) is 13.7. The van der Waals surface area contributed by atoms with Crippen molar-refractivity contribution in [3.8, 4) is 0 Å². The molecule has 0 aliphatic carbocycles. The molecule has 0 N–H and O–H groups in total. The molecule has 0 radical (unpaired) electrons. The third-order valence-electron chi connectivity index (χ3n) is 4.29. The highest BCUT2D eigenvalue weighted by molar-refractivity contribution is 5.92. The van der Waals surface area contributed by atoms with Gasteiger partial charge < -0.3 is 14.5 Å². The number of rotatable bonds is 3. The number of ether oxygens (including phenoxy) is 1. The lowest BCUT2D eigenvalue weighted by Crippen LogP contribution is -2.49. The number of methoxy groups -OCH3 is 1. The van der Waals surface area contributed by atoms with Crippen LogP contribution in [0.5, 0.6) is 0 Å². The number of hydrogen-bond donors (Lipinski definition) is 0. The second kappa shape index (κ2) is 6.87. The van der Waals surface area contributed by atoms with E-state index >= 15 is 0 Å². The molecule has 1 aromatic carbocycles. The molecule has 2 heterocycles. The standard InChI is InChI=1S/C17H18F3N3O2/c1-25-11-16(24)23-8-6-22(7-9-23)15-4-5-21-14-10-12(17(18,19)20)2-3-13(14)15/h2-5,10H,6-9,11H2,1H3. The molecule has 134 valence electrons. The Labute approximate surface area is 143 Å². The molecule has 1 aliphatic heterocycles. The predicted octanol–water partition coefficient (Wildman–Crippen LogP) is 2.55. The Kier molecular flexibility index (Phi) is 4.80. The van der Waals surface area contributed by atoms with Gasteiger partial charge in [0.15, 0.2) is 0 Å². The SMILES string of the molecule is COCC(=O)N1CCN(c2ccnc3cc(C(F)(F)F)ccc23)CC1. The molecule has 5 nitrogen and oxygen atoms in total. The molecule has 2 aromatic rings. The largest absolute Gasteiger partial charge is 0.416 e. The molecule has 3 rings (SSSR count). The van der Waals surface area contributed by atoms with E-state index in [1.165, 1.54) is 19.4 Å². The van der Waals surface area contributed by atoms with Crippen molar-refractivity contribution in [2.24, 2.45) is 0 Å². The van der Waals surface area contributed by atoms with Gasteiger partial charge in [-0.2, -0.15) is 13.2 Å². The first kappa shape index (κ1) is 17.5. The summed E-state index contributed by atoms with van der Waals surface area (Å²) in [4.78, 5) is 19.7. The van der Waals surface area contributed by atoms with Crippen LogP contribution in [0, 0.1) is 0 Å². The summed E-state index contributed by atoms with van der Waals surface area (Å²) in [5, 5.41) is 0.673. The van der Waals surface area contributed by atoms with E-state index in [1.807, 2.05) is 0 Å². The average Bonchev–Trinajstić information content (AvgIpc) is 2.60. The van der Waals surface area contributed by atoms with Gasteiger partial charge >= 0.3 is 6.18 Å². The number of benzene rings is 1. The first-order valence-corrected chi connectivity index (χ1v) is 7.88. The summed E-state index contributed by atoms with van der Waals surface area (Å²) in [5.41, 5.74) is 0.433. The Morgan fingerprint density at radius 3 is 2.56 bits per heavy atom. The summed E-state index contributed by atoms with van der Waals surface area (Å²) in [6.45, 7) is 2.36. The Morgan fingerprint density at radius 1 is 1.20 bits per heavy atom. The van der Waals surface area contributed by atoms with Gasteiger partial charge in [-0.3, -0.25) is 9.78 Å². The minimum Gasteiger partial charge on any atom is -0.375 e. The number of amides is 1. The molecule has 1 aromatic heterocycles. The van der Waals surface area contributed by atoms with E-state index < -0.39 is 11.7 Å². The summed E-state index contributed by atoms with van der Waals surface area (Å²) >= 11 is 0. The Hall–Kier alpha value is -2.35. The molecule has 0 spiro atoms. The van der Waals surface area contributed by atoms with Crippen LogP contribution in [0.2, 0.25) is 0 Å². The molecule has 25 heavy (non-hydrogen) atoms. The Bertz CT molecular complexity index is 771. The minimum absolute atomic E-state index is 0.0540. The number of carbonyl (C=O) groups is 1. The molecule has 0 bridgehead atoms. The molecular weight excluding hydrogens is 335 g/mol. The van der Waals surface area contributed by atoms with Crippen molar-refractivity contribution in [2.45, 2.75) is 6.18 Å². The van der Waals surface area contributed by atoms with Gasteiger partial charge in [0.05, 0.1) is 11.1 Å². The smallest absolute Gasteiger partial charge is 0.375 e. The number of pyridine rings is 1. The van der Waals surface area contributed by atoms with Crippen molar-refractivity contribution in [2.75, 3.05) is 44.8 Å². The lowest BCUT2D eigenvalue weighted by atomic mass is 10.1. The van der Waals surface area contributed by atoms with Crippen LogP contribution < -0.4 is 4.90 Å². The number of aromatic nitrogens is 1. The Balaban J connectivity index is 1.82. The minimum atomic E-state index is -4.39. The molecule has 1 aliphatic rings. The number of carbonyl (C=O) groups excluding carboxylic acids is 1. The zero-order valence-electron chi connectivity index (χ0n) is 13.7. The van der Waals surface area contributed by atoms with E-state index in [2.05, 4.69) is 9.88 Å². The third kappa shape index (κ3) is 3.68. The summed E-state index contributed by atoms with van der Waals surface area (Å²) in [5.74, 6) is -0.0587. The predicted molar refractivity (Wildman–Crippen MR) is 87.4 cm³/mol. The fourth-order valence-electron chi connectivity index (χ4n) is 3.00. The average molecular weight is 353 g/mol. The van der Waals surface area contributed by atoms with Crippen molar-refractivity contribution in [1.82, 2.24) is 9.88 Å².